The maximum Gasteiger partial charge on any atom is 1.00 e. The van der Waals surface area contributed by atoms with Crippen LogP contribution in [0.3, 0.4) is 0 Å². The van der Waals surface area contributed by atoms with Crippen molar-refractivity contribution in [2.75, 3.05) is 32.8 Å². The average molecular weight is 403 g/mol. The van der Waals surface area contributed by atoms with E-state index in [1.807, 2.05) is 4.90 Å². The predicted molar refractivity (Wildman–Crippen MR) is 93.7 cm³/mol. The molecule has 0 aliphatic carbocycles. The number of carbonyl (C=O) groups excluding carboxylic acids is 2. The van der Waals surface area contributed by atoms with Crippen molar-refractivity contribution in [1.82, 2.24) is 4.90 Å². The Morgan fingerprint density at radius 2 is 1.26 bits per heavy atom. The number of aliphatic carboxylic acids is 2. The van der Waals surface area contributed by atoms with Crippen LogP contribution in [0.2, 0.25) is 0 Å². The Bertz CT molecular complexity index is 339. The second-order valence-corrected chi connectivity index (χ2v) is 7.00. The second-order valence-electron chi connectivity index (χ2n) is 7.00. The number of unbranched alkanes of at least 4 members (excludes halogenated alkanes) is 4. The Morgan fingerprint density at radius 3 is 1.78 bits per heavy atom. The third kappa shape index (κ3) is 26.9. The van der Waals surface area contributed by atoms with E-state index in [-0.39, 0.29) is 72.0 Å². The van der Waals surface area contributed by atoms with Gasteiger partial charge in [0.05, 0.1) is 0 Å². The van der Waals surface area contributed by atoms with Crippen LogP contribution >= 0.6 is 0 Å². The summed E-state index contributed by atoms with van der Waals surface area (Å²) in [6.45, 7) is 7.09. The summed E-state index contributed by atoms with van der Waals surface area (Å²) in [6, 6.07) is 0. The molecule has 0 N–H and O–H groups in total. The summed E-state index contributed by atoms with van der Waals surface area (Å²) in [5.74, 6) is -1.45. The van der Waals surface area contributed by atoms with Crippen LogP contribution in [0.15, 0.2) is 0 Å². The van der Waals surface area contributed by atoms with Gasteiger partial charge in [0.2, 0.25) is 0 Å². The van der Waals surface area contributed by atoms with Gasteiger partial charge in [-0.2, -0.15) is 0 Å². The zero-order valence-corrected chi connectivity index (χ0v) is 22.0. The molecule has 8 heteroatoms. The third-order valence-electron chi connectivity index (χ3n) is 4.10. The number of nitrogens with zero attached hydrogens (tertiary/aromatic N) is 1. The van der Waals surface area contributed by atoms with Crippen molar-refractivity contribution in [3.8, 4) is 0 Å². The molecule has 0 heterocycles. The van der Waals surface area contributed by atoms with Crippen molar-refractivity contribution in [1.29, 1.82) is 0 Å². The van der Waals surface area contributed by atoms with E-state index >= 15 is 0 Å². The van der Waals surface area contributed by atoms with Gasteiger partial charge < -0.3 is 29.4 Å². The summed E-state index contributed by atoms with van der Waals surface area (Å²) in [5.41, 5.74) is 0. The molecule has 148 valence electrons. The van der Waals surface area contributed by atoms with E-state index in [4.69, 9.17) is 4.74 Å². The maximum atomic E-state index is 10.5. The molecule has 0 aromatic rings. The summed E-state index contributed by atoms with van der Waals surface area (Å²) in [4.78, 5) is 22.9. The van der Waals surface area contributed by atoms with E-state index in [0.29, 0.717) is 26.2 Å². The molecule has 0 saturated heterocycles. The molecule has 0 atom stereocenters. The van der Waals surface area contributed by atoms with Crippen LogP contribution in [0.25, 0.3) is 0 Å². The van der Waals surface area contributed by atoms with Crippen LogP contribution < -0.4 is 69.3 Å². The first-order valence-corrected chi connectivity index (χ1v) is 9.61. The molecule has 0 rings (SSSR count). The summed E-state index contributed by atoms with van der Waals surface area (Å²) in [5, 5.41) is 21.1. The van der Waals surface area contributed by atoms with Gasteiger partial charge in [-0.05, 0) is 31.6 Å². The Balaban J connectivity index is -0.00000288. The molecule has 0 aliphatic rings. The van der Waals surface area contributed by atoms with Gasteiger partial charge in [-0.3, -0.25) is 0 Å². The summed E-state index contributed by atoms with van der Waals surface area (Å²) in [6.07, 6.45) is 8.02. The van der Waals surface area contributed by atoms with Gasteiger partial charge in [0.25, 0.3) is 0 Å². The summed E-state index contributed by atoms with van der Waals surface area (Å²) < 4.78 is 5.60. The molecule has 0 unspecified atom stereocenters. The van der Waals surface area contributed by atoms with Gasteiger partial charge in [-0.1, -0.05) is 46.0 Å². The van der Waals surface area contributed by atoms with Gasteiger partial charge >= 0.3 is 59.1 Å². The minimum Gasteiger partial charge on any atom is -0.550 e. The fourth-order valence-electron chi connectivity index (χ4n) is 2.61. The van der Waals surface area contributed by atoms with Crippen molar-refractivity contribution in [3.05, 3.63) is 0 Å². The Morgan fingerprint density at radius 1 is 0.778 bits per heavy atom. The van der Waals surface area contributed by atoms with Crippen LogP contribution in [-0.2, 0) is 14.3 Å². The van der Waals surface area contributed by atoms with Gasteiger partial charge in [0, 0.05) is 44.8 Å². The van der Waals surface area contributed by atoms with Gasteiger partial charge in [0.1, 0.15) is 0 Å². The number of carboxylic acids is 2. The minimum atomic E-state index is -1.12. The van der Waals surface area contributed by atoms with Gasteiger partial charge in [-0.15, -0.1) is 0 Å². The number of carboxylic acid groups (broad SMARTS) is 2. The number of carbonyl (C=O) groups is 2. The van der Waals surface area contributed by atoms with Crippen LogP contribution in [0.1, 0.15) is 71.6 Å². The molecule has 0 aliphatic heterocycles. The largest absolute Gasteiger partial charge is 1.00 e. The molecule has 0 saturated carbocycles. The number of hydrogen-bond acceptors (Lipinski definition) is 6. The van der Waals surface area contributed by atoms with Crippen LogP contribution in [0.5, 0.6) is 0 Å². The molecule has 0 bridgehead atoms. The maximum absolute atomic E-state index is 10.5. The zero-order valence-electron chi connectivity index (χ0n) is 18.0. The quantitative estimate of drug-likeness (QED) is 0.168. The molecule has 0 aromatic carbocycles. The fourth-order valence-corrected chi connectivity index (χ4v) is 2.61. The smallest absolute Gasteiger partial charge is 0.550 e. The predicted octanol–water partition coefficient (Wildman–Crippen LogP) is -5.02. The molecular formula is C19H35NNa2O5. The van der Waals surface area contributed by atoms with Gasteiger partial charge in [-0.25, -0.2) is 0 Å². The fraction of sp³-hybridized carbons (Fsp3) is 0.895. The number of rotatable bonds is 18. The van der Waals surface area contributed by atoms with E-state index in [9.17, 15) is 19.8 Å². The minimum absolute atomic E-state index is 0. The molecule has 0 amide bonds. The number of ether oxygens (including phenoxy) is 1. The molecule has 0 fully saturated rings. The molecule has 0 spiro atoms. The van der Waals surface area contributed by atoms with Crippen molar-refractivity contribution >= 4 is 11.9 Å². The first kappa shape index (κ1) is 32.5. The average Bonchev–Trinajstić information content (AvgIpc) is 2.53. The van der Waals surface area contributed by atoms with E-state index in [1.165, 1.54) is 32.1 Å². The van der Waals surface area contributed by atoms with E-state index in [0.717, 1.165) is 25.4 Å². The third-order valence-corrected chi connectivity index (χ3v) is 4.10. The van der Waals surface area contributed by atoms with Crippen LogP contribution in [-0.4, -0.2) is 49.7 Å². The Labute approximate surface area is 209 Å². The standard InChI is InChI=1S/C19H37NO5.2Na/c1-17(2)9-6-4-3-5-7-15-25-16-8-12-20(13-10-18(21)22)14-11-19(23)24;;/h17H,3-16H2,1-2H3,(H,21,22)(H,23,24);;/q;2*+1/p-2. The van der Waals surface area contributed by atoms with E-state index in [2.05, 4.69) is 13.8 Å². The number of hydrogen-bond donors (Lipinski definition) is 0. The molecule has 27 heavy (non-hydrogen) atoms. The first-order valence-electron chi connectivity index (χ1n) is 9.61. The molecule has 0 radical (unpaired) electrons. The second kappa shape index (κ2) is 23.1. The first-order chi connectivity index (χ1) is 11.9. The van der Waals surface area contributed by atoms with Crippen LogP contribution in [0, 0.1) is 5.92 Å². The van der Waals surface area contributed by atoms with Crippen molar-refractivity contribution in [2.24, 2.45) is 5.92 Å². The van der Waals surface area contributed by atoms with Crippen molar-refractivity contribution in [2.45, 2.75) is 71.6 Å². The monoisotopic (exact) mass is 403 g/mol. The SMILES string of the molecule is CC(C)CCCCCCCOCCCN(CCC(=O)[O-])CCC(=O)[O-].[Na+].[Na+]. The van der Waals surface area contributed by atoms with Crippen molar-refractivity contribution < 1.29 is 83.7 Å². The Kier molecular flexibility index (Phi) is 27.9. The topological polar surface area (TPSA) is 92.7 Å². The van der Waals surface area contributed by atoms with Gasteiger partial charge in [0.15, 0.2) is 0 Å². The van der Waals surface area contributed by atoms with E-state index < -0.39 is 11.9 Å². The molecule has 0 aromatic heterocycles. The molecule has 6 nitrogen and oxygen atoms in total. The summed E-state index contributed by atoms with van der Waals surface area (Å²) >= 11 is 0. The normalized spacial score (nSPS) is 10.5. The molecular weight excluding hydrogens is 368 g/mol. The van der Waals surface area contributed by atoms with Crippen LogP contribution in [0.4, 0.5) is 0 Å². The summed E-state index contributed by atoms with van der Waals surface area (Å²) in [7, 11) is 0. The zero-order chi connectivity index (χ0) is 18.9. The Hall–Kier alpha value is 0.860. The van der Waals surface area contributed by atoms with E-state index in [1.54, 1.807) is 0 Å². The van der Waals surface area contributed by atoms with Crippen molar-refractivity contribution in [3.63, 3.8) is 0 Å².